The van der Waals surface area contributed by atoms with E-state index in [0.29, 0.717) is 28.0 Å². The van der Waals surface area contributed by atoms with Gasteiger partial charge in [0.2, 0.25) is 0 Å². The van der Waals surface area contributed by atoms with Gasteiger partial charge in [0.15, 0.2) is 0 Å². The Labute approximate surface area is 201 Å². The number of fused-ring (bicyclic) bond motifs is 1. The number of hydrogen-bond acceptors (Lipinski definition) is 5. The fraction of sp³-hybridized carbons (Fsp3) is 0.148. The van der Waals surface area contributed by atoms with Gasteiger partial charge in [0.25, 0.3) is 5.91 Å². The summed E-state index contributed by atoms with van der Waals surface area (Å²) >= 11 is 0. The molecule has 1 aliphatic heterocycles. The minimum absolute atomic E-state index is 0.119. The van der Waals surface area contributed by atoms with Crippen molar-refractivity contribution in [2.45, 2.75) is 0 Å². The molecule has 1 fully saturated rings. The number of anilines is 3. The number of hydrogen-bond donors (Lipinski definition) is 2. The normalized spacial score (nSPS) is 13.6. The third-order valence-corrected chi connectivity index (χ3v) is 6.11. The second kappa shape index (κ2) is 9.42. The first kappa shape index (κ1) is 22.3. The molecule has 2 N–H and O–H groups in total. The SMILES string of the molecule is O=C(Nc1ccc2nc(N3CCN(c4ccccc4)CC3)cc(C(=O)O)c2c1)c1ccc(F)cc1. The number of rotatable bonds is 5. The zero-order valence-corrected chi connectivity index (χ0v) is 18.8. The number of carbonyl (C=O) groups excluding carboxylic acids is 1. The fourth-order valence-corrected chi connectivity index (χ4v) is 4.27. The van der Waals surface area contributed by atoms with E-state index < -0.39 is 17.7 Å². The van der Waals surface area contributed by atoms with Crippen molar-refractivity contribution in [3.63, 3.8) is 0 Å². The van der Waals surface area contributed by atoms with Crippen molar-refractivity contribution < 1.29 is 19.1 Å². The van der Waals surface area contributed by atoms with Crippen LogP contribution in [-0.4, -0.2) is 48.1 Å². The van der Waals surface area contributed by atoms with Gasteiger partial charge in [-0.2, -0.15) is 0 Å². The molecule has 0 unspecified atom stereocenters. The lowest BCUT2D eigenvalue weighted by atomic mass is 10.1. The largest absolute Gasteiger partial charge is 0.478 e. The van der Waals surface area contributed by atoms with E-state index in [0.717, 1.165) is 26.2 Å². The number of halogens is 1. The number of benzene rings is 3. The van der Waals surface area contributed by atoms with Gasteiger partial charge >= 0.3 is 5.97 Å². The molecule has 0 saturated carbocycles. The lowest BCUT2D eigenvalue weighted by molar-refractivity contribution is 0.0698. The molecule has 1 amide bonds. The maximum atomic E-state index is 13.1. The fourth-order valence-electron chi connectivity index (χ4n) is 4.27. The van der Waals surface area contributed by atoms with E-state index in [4.69, 9.17) is 4.98 Å². The van der Waals surface area contributed by atoms with Crippen LogP contribution in [0, 0.1) is 5.82 Å². The lowest BCUT2D eigenvalue weighted by Crippen LogP contribution is -2.46. The molecule has 8 heteroatoms. The van der Waals surface area contributed by atoms with Gasteiger partial charge in [-0.05, 0) is 60.7 Å². The van der Waals surface area contributed by atoms with Crippen LogP contribution in [0.25, 0.3) is 10.9 Å². The standard InChI is InChI=1S/C27H23FN4O3/c28-19-8-6-18(7-9-19)26(33)29-20-10-11-24-22(16-20)23(27(34)35)17-25(30-24)32-14-12-31(13-15-32)21-4-2-1-3-5-21/h1-11,16-17H,12-15H2,(H,29,33)(H,34,35). The summed E-state index contributed by atoms with van der Waals surface area (Å²) in [5.74, 6) is -1.29. The minimum atomic E-state index is -1.07. The molecular formula is C27H23FN4O3. The van der Waals surface area contributed by atoms with Gasteiger partial charge in [0.1, 0.15) is 11.6 Å². The van der Waals surface area contributed by atoms with E-state index in [9.17, 15) is 19.1 Å². The molecule has 4 aromatic rings. The Hall–Kier alpha value is -4.46. The number of aromatic nitrogens is 1. The second-order valence-electron chi connectivity index (χ2n) is 8.34. The van der Waals surface area contributed by atoms with E-state index in [-0.39, 0.29) is 5.56 Å². The Kier molecular flexibility index (Phi) is 6.01. The number of para-hydroxylation sites is 1. The maximum Gasteiger partial charge on any atom is 0.336 e. The average molecular weight is 471 g/mol. The monoisotopic (exact) mass is 470 g/mol. The smallest absolute Gasteiger partial charge is 0.336 e. The van der Waals surface area contributed by atoms with E-state index in [1.165, 1.54) is 30.0 Å². The Bertz CT molecular complexity index is 1390. The van der Waals surface area contributed by atoms with E-state index in [1.807, 2.05) is 18.2 Å². The van der Waals surface area contributed by atoms with Crippen LogP contribution in [0.4, 0.5) is 21.6 Å². The van der Waals surface area contributed by atoms with E-state index in [1.54, 1.807) is 24.3 Å². The van der Waals surface area contributed by atoms with Crippen molar-refractivity contribution in [2.75, 3.05) is 41.3 Å². The summed E-state index contributed by atoms with van der Waals surface area (Å²) in [6.45, 7) is 3.05. The van der Waals surface area contributed by atoms with Crippen LogP contribution >= 0.6 is 0 Å². The first-order valence-electron chi connectivity index (χ1n) is 11.3. The van der Waals surface area contributed by atoms with Crippen LogP contribution in [0.15, 0.2) is 78.9 Å². The first-order chi connectivity index (χ1) is 17.0. The Morgan fingerprint density at radius 3 is 2.23 bits per heavy atom. The number of aromatic carboxylic acids is 1. The maximum absolute atomic E-state index is 13.1. The summed E-state index contributed by atoms with van der Waals surface area (Å²) < 4.78 is 13.1. The number of carboxylic acids is 1. The first-order valence-corrected chi connectivity index (χ1v) is 11.3. The Balaban J connectivity index is 1.38. The van der Waals surface area contributed by atoms with E-state index in [2.05, 4.69) is 27.2 Å². The van der Waals surface area contributed by atoms with Crippen LogP contribution in [-0.2, 0) is 0 Å². The average Bonchev–Trinajstić information content (AvgIpc) is 2.89. The summed E-state index contributed by atoms with van der Waals surface area (Å²) in [7, 11) is 0. The van der Waals surface area contributed by atoms with E-state index >= 15 is 0 Å². The summed E-state index contributed by atoms with van der Waals surface area (Å²) in [6.07, 6.45) is 0. The van der Waals surface area contributed by atoms with Gasteiger partial charge in [0.05, 0.1) is 11.1 Å². The zero-order valence-electron chi connectivity index (χ0n) is 18.8. The summed E-state index contributed by atoms with van der Waals surface area (Å²) in [4.78, 5) is 33.7. The van der Waals surface area contributed by atoms with Crippen molar-refractivity contribution in [1.82, 2.24) is 4.98 Å². The highest BCUT2D eigenvalue weighted by atomic mass is 19.1. The molecule has 1 saturated heterocycles. The topological polar surface area (TPSA) is 85.8 Å². The summed E-state index contributed by atoms with van der Waals surface area (Å²) in [5, 5.41) is 13.1. The van der Waals surface area contributed by atoms with Crippen LogP contribution in [0.2, 0.25) is 0 Å². The number of nitrogens with one attached hydrogen (secondary N) is 1. The third-order valence-electron chi connectivity index (χ3n) is 6.11. The zero-order chi connectivity index (χ0) is 24.4. The number of nitrogens with zero attached hydrogens (tertiary/aromatic N) is 3. The summed E-state index contributed by atoms with van der Waals surface area (Å²) in [6, 6.07) is 22.0. The molecule has 0 spiro atoms. The molecule has 0 bridgehead atoms. The van der Waals surface area contributed by atoms with Crippen LogP contribution in [0.3, 0.4) is 0 Å². The predicted molar refractivity (Wildman–Crippen MR) is 134 cm³/mol. The van der Waals surface area contributed by atoms with Gasteiger partial charge in [-0.3, -0.25) is 4.79 Å². The molecule has 3 aromatic carbocycles. The van der Waals surface area contributed by atoms with Crippen molar-refractivity contribution in [3.8, 4) is 0 Å². The minimum Gasteiger partial charge on any atom is -0.478 e. The molecule has 5 rings (SSSR count). The van der Waals surface area contributed by atoms with Crippen molar-refractivity contribution in [3.05, 3.63) is 95.8 Å². The quantitative estimate of drug-likeness (QED) is 0.442. The Morgan fingerprint density at radius 1 is 0.857 bits per heavy atom. The van der Waals surface area contributed by atoms with Crippen molar-refractivity contribution in [1.29, 1.82) is 0 Å². The number of pyridine rings is 1. The van der Waals surface area contributed by atoms with Gasteiger partial charge in [-0.15, -0.1) is 0 Å². The van der Waals surface area contributed by atoms with Crippen molar-refractivity contribution >= 4 is 40.0 Å². The Morgan fingerprint density at radius 2 is 1.54 bits per heavy atom. The molecular weight excluding hydrogens is 447 g/mol. The highest BCUT2D eigenvalue weighted by molar-refractivity contribution is 6.08. The highest BCUT2D eigenvalue weighted by Crippen LogP contribution is 2.27. The molecule has 0 atom stereocenters. The number of carboxylic acid groups (broad SMARTS) is 1. The van der Waals surface area contributed by atoms with Gasteiger partial charge in [0, 0.05) is 48.5 Å². The molecule has 1 aromatic heterocycles. The second-order valence-corrected chi connectivity index (χ2v) is 8.34. The molecule has 0 aliphatic carbocycles. The molecule has 0 radical (unpaired) electrons. The van der Waals surface area contributed by atoms with Gasteiger partial charge < -0.3 is 20.2 Å². The molecule has 1 aliphatic rings. The molecule has 7 nitrogen and oxygen atoms in total. The molecule has 2 heterocycles. The van der Waals surface area contributed by atoms with Crippen LogP contribution in [0.5, 0.6) is 0 Å². The van der Waals surface area contributed by atoms with Gasteiger partial charge in [-0.1, -0.05) is 18.2 Å². The van der Waals surface area contributed by atoms with Crippen LogP contribution in [0.1, 0.15) is 20.7 Å². The number of amides is 1. The van der Waals surface area contributed by atoms with Gasteiger partial charge in [-0.25, -0.2) is 14.2 Å². The molecule has 35 heavy (non-hydrogen) atoms. The molecule has 176 valence electrons. The predicted octanol–water partition coefficient (Wildman–Crippen LogP) is 4.65. The number of piperazine rings is 1. The van der Waals surface area contributed by atoms with Crippen LogP contribution < -0.4 is 15.1 Å². The number of carbonyl (C=O) groups is 2. The summed E-state index contributed by atoms with van der Waals surface area (Å²) in [5.41, 5.74) is 2.55. The highest BCUT2D eigenvalue weighted by Gasteiger charge is 2.21. The third kappa shape index (κ3) is 4.77. The lowest BCUT2D eigenvalue weighted by Gasteiger charge is -2.37. The van der Waals surface area contributed by atoms with Crippen molar-refractivity contribution in [2.24, 2.45) is 0 Å².